The van der Waals surface area contributed by atoms with E-state index in [-0.39, 0.29) is 45.2 Å². The van der Waals surface area contributed by atoms with Gasteiger partial charge in [0.2, 0.25) is 53.2 Å². The predicted octanol–water partition coefficient (Wildman–Crippen LogP) is -5.75. The van der Waals surface area contributed by atoms with E-state index >= 15 is 0 Å². The highest BCUT2D eigenvalue weighted by atomic mass is 16.4. The standard InChI is InChI=1S/C29H46N10O11/c1-15(25(45)33-13-22(42)36-17(29(49)50)7-9-21(32)41)35-27(47)18-4-3-11-39(18)24(44)14-34-26(46)16(6-8-20(31)40)37-28(48)19-5-2-10-38(19)23(43)12-30/h15-19H,2-14,30H2,1H3,(H2,31,40)(H2,32,41)(H,33,45)(H,34,46)(H,35,47)(H,36,42)(H,37,48)(H,49,50)/t15-,16-,17-,18-,19-/m0/s1. The molecule has 0 radical (unpaired) electrons. The molecule has 12 N–H and O–H groups in total. The summed E-state index contributed by atoms with van der Waals surface area (Å²) in [5.74, 6) is -7.67. The zero-order valence-electron chi connectivity index (χ0n) is 27.7. The second-order valence-electron chi connectivity index (χ2n) is 11.9. The van der Waals surface area contributed by atoms with Crippen molar-refractivity contribution in [2.45, 2.75) is 88.5 Å². The number of carbonyl (C=O) groups is 10. The molecule has 278 valence electrons. The summed E-state index contributed by atoms with van der Waals surface area (Å²) in [5, 5.41) is 21.0. The predicted molar refractivity (Wildman–Crippen MR) is 171 cm³/mol. The van der Waals surface area contributed by atoms with Gasteiger partial charge in [-0.15, -0.1) is 0 Å². The van der Waals surface area contributed by atoms with Crippen molar-refractivity contribution >= 4 is 59.1 Å². The molecule has 0 aromatic carbocycles. The van der Waals surface area contributed by atoms with Crippen LogP contribution in [0, 0.1) is 0 Å². The molecular weight excluding hydrogens is 664 g/mol. The Morgan fingerprint density at radius 1 is 0.700 bits per heavy atom. The molecule has 2 saturated heterocycles. The summed E-state index contributed by atoms with van der Waals surface area (Å²) in [5.41, 5.74) is 15.7. The molecule has 2 aliphatic rings. The molecule has 9 amide bonds. The van der Waals surface area contributed by atoms with E-state index in [0.717, 1.165) is 0 Å². The second kappa shape index (κ2) is 19.6. The number of rotatable bonds is 19. The van der Waals surface area contributed by atoms with Crippen LogP contribution in [-0.2, 0) is 47.9 Å². The monoisotopic (exact) mass is 710 g/mol. The summed E-state index contributed by atoms with van der Waals surface area (Å²) in [6.45, 7) is 0.338. The number of hydrogen-bond acceptors (Lipinski definition) is 11. The Morgan fingerprint density at radius 3 is 1.72 bits per heavy atom. The molecule has 2 heterocycles. The van der Waals surface area contributed by atoms with E-state index in [2.05, 4.69) is 26.6 Å². The summed E-state index contributed by atoms with van der Waals surface area (Å²) < 4.78 is 0. The highest BCUT2D eigenvalue weighted by Crippen LogP contribution is 2.19. The Hall–Kier alpha value is -5.34. The lowest BCUT2D eigenvalue weighted by Crippen LogP contribution is -2.56. The number of aliphatic carboxylic acids is 1. The quantitative estimate of drug-likeness (QED) is 0.0606. The Labute approximate surface area is 287 Å². The highest BCUT2D eigenvalue weighted by Gasteiger charge is 2.37. The van der Waals surface area contributed by atoms with Crippen LogP contribution in [0.3, 0.4) is 0 Å². The minimum Gasteiger partial charge on any atom is -0.480 e. The topological polar surface area (TPSA) is 336 Å². The van der Waals surface area contributed by atoms with Crippen LogP contribution < -0.4 is 43.8 Å². The summed E-state index contributed by atoms with van der Waals surface area (Å²) in [4.78, 5) is 125. The molecule has 0 aromatic rings. The molecule has 50 heavy (non-hydrogen) atoms. The third-order valence-electron chi connectivity index (χ3n) is 8.14. The van der Waals surface area contributed by atoms with Gasteiger partial charge in [-0.05, 0) is 45.4 Å². The van der Waals surface area contributed by atoms with Crippen molar-refractivity contribution in [1.82, 2.24) is 36.4 Å². The van der Waals surface area contributed by atoms with Gasteiger partial charge in [0.15, 0.2) is 0 Å². The van der Waals surface area contributed by atoms with Gasteiger partial charge in [-0.2, -0.15) is 0 Å². The van der Waals surface area contributed by atoms with Gasteiger partial charge in [-0.3, -0.25) is 43.2 Å². The van der Waals surface area contributed by atoms with E-state index < -0.39 is 102 Å². The first kappa shape index (κ1) is 40.8. The molecular formula is C29H46N10O11. The number of amides is 9. The first-order valence-corrected chi connectivity index (χ1v) is 16.1. The molecule has 2 rings (SSSR count). The fourth-order valence-electron chi connectivity index (χ4n) is 5.49. The van der Waals surface area contributed by atoms with Gasteiger partial charge in [-0.25, -0.2) is 4.79 Å². The zero-order chi connectivity index (χ0) is 37.5. The first-order valence-electron chi connectivity index (χ1n) is 16.1. The van der Waals surface area contributed by atoms with Gasteiger partial charge >= 0.3 is 5.97 Å². The molecule has 0 aliphatic carbocycles. The van der Waals surface area contributed by atoms with Gasteiger partial charge in [0.1, 0.15) is 30.2 Å². The summed E-state index contributed by atoms with van der Waals surface area (Å²) in [7, 11) is 0. The molecule has 0 saturated carbocycles. The van der Waals surface area contributed by atoms with Gasteiger partial charge in [0.05, 0.1) is 19.6 Å². The summed E-state index contributed by atoms with van der Waals surface area (Å²) >= 11 is 0. The van der Waals surface area contributed by atoms with Gasteiger partial charge in [-0.1, -0.05) is 0 Å². The van der Waals surface area contributed by atoms with Crippen LogP contribution >= 0.6 is 0 Å². The number of likely N-dealkylation sites (tertiary alicyclic amines) is 2. The smallest absolute Gasteiger partial charge is 0.326 e. The van der Waals surface area contributed by atoms with Crippen LogP contribution in [0.15, 0.2) is 0 Å². The first-order chi connectivity index (χ1) is 23.5. The van der Waals surface area contributed by atoms with E-state index in [0.29, 0.717) is 25.8 Å². The summed E-state index contributed by atoms with van der Waals surface area (Å²) in [6, 6.07) is -5.68. The molecule has 21 heteroatoms. The number of nitrogens with zero attached hydrogens (tertiary/aromatic N) is 2. The maximum absolute atomic E-state index is 13.1. The maximum atomic E-state index is 13.1. The van der Waals surface area contributed by atoms with Gasteiger partial charge in [0, 0.05) is 25.9 Å². The van der Waals surface area contributed by atoms with Crippen molar-refractivity contribution in [3.05, 3.63) is 0 Å². The van der Waals surface area contributed by atoms with Crippen molar-refractivity contribution < 1.29 is 53.1 Å². The number of primary amides is 2. The minimum atomic E-state index is -1.41. The molecule has 2 fully saturated rings. The normalized spacial score (nSPS) is 18.6. The molecule has 0 aromatic heterocycles. The third kappa shape index (κ3) is 12.6. The van der Waals surface area contributed by atoms with Crippen molar-refractivity contribution in [2.75, 3.05) is 32.7 Å². The number of nitrogens with one attached hydrogen (secondary N) is 5. The van der Waals surface area contributed by atoms with E-state index in [9.17, 15) is 53.1 Å². The van der Waals surface area contributed by atoms with Crippen molar-refractivity contribution in [3.63, 3.8) is 0 Å². The van der Waals surface area contributed by atoms with E-state index in [4.69, 9.17) is 17.2 Å². The molecule has 0 spiro atoms. The molecule has 0 bridgehead atoms. The number of nitrogens with two attached hydrogens (primary N) is 3. The van der Waals surface area contributed by atoms with Gasteiger partial charge < -0.3 is 58.7 Å². The molecule has 21 nitrogen and oxygen atoms in total. The highest BCUT2D eigenvalue weighted by molar-refractivity contribution is 5.96. The van der Waals surface area contributed by atoms with Gasteiger partial charge in [0.25, 0.3) is 0 Å². The maximum Gasteiger partial charge on any atom is 0.326 e. The number of hydrogen-bond donors (Lipinski definition) is 9. The van der Waals surface area contributed by atoms with Crippen LogP contribution in [0.1, 0.15) is 58.3 Å². The summed E-state index contributed by atoms with van der Waals surface area (Å²) in [6.07, 6.45) is 0.628. The zero-order valence-corrected chi connectivity index (χ0v) is 27.7. The average molecular weight is 711 g/mol. The number of carbonyl (C=O) groups excluding carboxylic acids is 9. The third-order valence-corrected chi connectivity index (χ3v) is 8.14. The lowest BCUT2D eigenvalue weighted by Gasteiger charge is -2.27. The van der Waals surface area contributed by atoms with Crippen molar-refractivity contribution in [2.24, 2.45) is 17.2 Å². The fourth-order valence-corrected chi connectivity index (χ4v) is 5.49. The molecule has 5 atom stereocenters. The van der Waals surface area contributed by atoms with E-state index in [1.165, 1.54) is 16.7 Å². The lowest BCUT2D eigenvalue weighted by molar-refractivity contribution is -0.142. The lowest BCUT2D eigenvalue weighted by atomic mass is 10.1. The Balaban J connectivity index is 1.91. The number of carboxylic acid groups (broad SMARTS) is 1. The Kier molecular flexibility index (Phi) is 16.0. The second-order valence-corrected chi connectivity index (χ2v) is 11.9. The van der Waals surface area contributed by atoms with Crippen molar-refractivity contribution in [1.29, 1.82) is 0 Å². The van der Waals surface area contributed by atoms with Crippen LogP contribution in [-0.4, -0.2) is 137 Å². The SMILES string of the molecule is C[C@H](NC(=O)[C@@H]1CCCN1C(=O)CNC(=O)[C@H](CCC(N)=O)NC(=O)[C@@H]1CCCN1C(=O)CN)C(=O)NCC(=O)N[C@@H](CCC(N)=O)C(=O)O. The van der Waals surface area contributed by atoms with E-state index in [1.54, 1.807) is 0 Å². The van der Waals surface area contributed by atoms with Crippen LogP contribution in [0.2, 0.25) is 0 Å². The van der Waals surface area contributed by atoms with Crippen LogP contribution in [0.25, 0.3) is 0 Å². The Bertz CT molecular complexity index is 1340. The fraction of sp³-hybridized carbons (Fsp3) is 0.655. The molecule has 2 aliphatic heterocycles. The van der Waals surface area contributed by atoms with Crippen LogP contribution in [0.4, 0.5) is 0 Å². The average Bonchev–Trinajstić information content (AvgIpc) is 3.76. The van der Waals surface area contributed by atoms with Crippen molar-refractivity contribution in [3.8, 4) is 0 Å². The largest absolute Gasteiger partial charge is 0.480 e. The molecule has 0 unspecified atom stereocenters. The van der Waals surface area contributed by atoms with E-state index in [1.807, 2.05) is 0 Å². The van der Waals surface area contributed by atoms with Crippen LogP contribution in [0.5, 0.6) is 0 Å². The number of carboxylic acids is 1. The minimum absolute atomic E-state index is 0.169. The Morgan fingerprint density at radius 2 is 1.20 bits per heavy atom.